The highest BCUT2D eigenvalue weighted by molar-refractivity contribution is 5.86. The Morgan fingerprint density at radius 2 is 1.56 bits per heavy atom. The molecule has 1 atom stereocenters. The predicted octanol–water partition coefficient (Wildman–Crippen LogP) is 6.22. The zero-order valence-electron chi connectivity index (χ0n) is 18.7. The highest BCUT2D eigenvalue weighted by Crippen LogP contribution is 2.35. The number of aromatic nitrogens is 1. The lowest BCUT2D eigenvalue weighted by atomic mass is 9.87. The van der Waals surface area contributed by atoms with E-state index in [-0.39, 0.29) is 17.6 Å². The number of hydrogen-bond donors (Lipinski definition) is 0. The van der Waals surface area contributed by atoms with Gasteiger partial charge >= 0.3 is 0 Å². The molecule has 32 heavy (non-hydrogen) atoms. The molecule has 0 aliphatic heterocycles. The third-order valence-electron chi connectivity index (χ3n) is 6.16. The van der Waals surface area contributed by atoms with Gasteiger partial charge < -0.3 is 9.47 Å². The zero-order chi connectivity index (χ0) is 22.5. The van der Waals surface area contributed by atoms with Gasteiger partial charge in [-0.05, 0) is 48.7 Å². The van der Waals surface area contributed by atoms with Crippen molar-refractivity contribution >= 4 is 16.8 Å². The van der Waals surface area contributed by atoms with Crippen LogP contribution in [0.3, 0.4) is 0 Å². The molecule has 0 saturated carbocycles. The van der Waals surface area contributed by atoms with E-state index in [2.05, 4.69) is 35.0 Å². The Kier molecular flexibility index (Phi) is 6.69. The van der Waals surface area contributed by atoms with Crippen LogP contribution in [-0.2, 0) is 11.3 Å². The number of benzene rings is 3. The minimum Gasteiger partial charge on any atom is -0.343 e. The highest BCUT2D eigenvalue weighted by Gasteiger charge is 2.24. The molecule has 4 rings (SSSR count). The summed E-state index contributed by atoms with van der Waals surface area (Å²) in [5, 5.41) is 1.13. The summed E-state index contributed by atoms with van der Waals surface area (Å²) in [6.07, 6.45) is 2.52. The van der Waals surface area contributed by atoms with Crippen LogP contribution in [-0.4, -0.2) is 28.5 Å². The summed E-state index contributed by atoms with van der Waals surface area (Å²) in [4.78, 5) is 15.0. The van der Waals surface area contributed by atoms with Crippen molar-refractivity contribution in [1.29, 1.82) is 0 Å². The molecule has 164 valence electrons. The summed E-state index contributed by atoms with van der Waals surface area (Å²) < 4.78 is 15.9. The first-order chi connectivity index (χ1) is 15.6. The molecule has 0 aliphatic rings. The van der Waals surface area contributed by atoms with Gasteiger partial charge in [0.1, 0.15) is 5.82 Å². The maximum absolute atomic E-state index is 13.7. The number of rotatable bonds is 8. The Labute approximate surface area is 189 Å². The average Bonchev–Trinajstić information content (AvgIpc) is 3.18. The molecule has 0 aliphatic carbocycles. The lowest BCUT2D eigenvalue weighted by Gasteiger charge is -2.23. The van der Waals surface area contributed by atoms with Crippen LogP contribution in [0, 0.1) is 5.82 Å². The van der Waals surface area contributed by atoms with Crippen LogP contribution in [0.1, 0.15) is 42.9 Å². The van der Waals surface area contributed by atoms with Gasteiger partial charge in [-0.1, -0.05) is 60.7 Å². The van der Waals surface area contributed by atoms with Crippen molar-refractivity contribution in [3.05, 3.63) is 108 Å². The standard InChI is InChI=1S/C28H29FN2O/c1-3-30(4-2)28(32)18-25(22-14-16-23(29)17-15-22)26-20-31(19-21-10-6-5-7-11-21)27-13-9-8-12-24(26)27/h5-17,20,25H,3-4,18-19H2,1-2H3. The smallest absolute Gasteiger partial charge is 0.223 e. The van der Waals surface area contributed by atoms with E-state index in [1.54, 1.807) is 12.1 Å². The number of carbonyl (C=O) groups is 1. The van der Waals surface area contributed by atoms with Crippen molar-refractivity contribution in [2.24, 2.45) is 0 Å². The molecular weight excluding hydrogens is 399 g/mol. The third kappa shape index (κ3) is 4.59. The molecule has 1 unspecified atom stereocenters. The van der Waals surface area contributed by atoms with Crippen LogP contribution < -0.4 is 0 Å². The first-order valence-electron chi connectivity index (χ1n) is 11.3. The van der Waals surface area contributed by atoms with E-state index in [0.717, 1.165) is 28.6 Å². The van der Waals surface area contributed by atoms with Crippen molar-refractivity contribution in [1.82, 2.24) is 9.47 Å². The van der Waals surface area contributed by atoms with Crippen LogP contribution in [0.5, 0.6) is 0 Å². The lowest BCUT2D eigenvalue weighted by Crippen LogP contribution is -2.31. The molecule has 0 spiro atoms. The molecule has 0 radical (unpaired) electrons. The van der Waals surface area contributed by atoms with Crippen LogP contribution in [0.2, 0.25) is 0 Å². The maximum Gasteiger partial charge on any atom is 0.223 e. The fourth-order valence-corrected chi connectivity index (χ4v) is 4.45. The fourth-order valence-electron chi connectivity index (χ4n) is 4.45. The first kappa shape index (κ1) is 21.8. The normalized spacial score (nSPS) is 12.1. The Morgan fingerprint density at radius 3 is 2.25 bits per heavy atom. The summed E-state index contributed by atoms with van der Waals surface area (Å²) in [6.45, 7) is 6.12. The average molecular weight is 429 g/mol. The first-order valence-corrected chi connectivity index (χ1v) is 11.3. The quantitative estimate of drug-likeness (QED) is 0.327. The van der Waals surface area contributed by atoms with Crippen molar-refractivity contribution < 1.29 is 9.18 Å². The van der Waals surface area contributed by atoms with E-state index in [4.69, 9.17) is 0 Å². The summed E-state index contributed by atoms with van der Waals surface area (Å²) >= 11 is 0. The van der Waals surface area contributed by atoms with E-state index in [1.807, 2.05) is 49.1 Å². The minimum atomic E-state index is -0.269. The van der Waals surface area contributed by atoms with Crippen molar-refractivity contribution in [2.45, 2.75) is 32.7 Å². The van der Waals surface area contributed by atoms with Gasteiger partial charge in [0, 0.05) is 49.1 Å². The van der Waals surface area contributed by atoms with Crippen molar-refractivity contribution in [2.75, 3.05) is 13.1 Å². The zero-order valence-corrected chi connectivity index (χ0v) is 18.7. The second kappa shape index (κ2) is 9.82. The van der Waals surface area contributed by atoms with Gasteiger partial charge in [-0.25, -0.2) is 4.39 Å². The van der Waals surface area contributed by atoms with Crippen LogP contribution in [0.25, 0.3) is 10.9 Å². The number of amides is 1. The van der Waals surface area contributed by atoms with Crippen molar-refractivity contribution in [3.63, 3.8) is 0 Å². The summed E-state index contributed by atoms with van der Waals surface area (Å²) in [5.41, 5.74) is 4.41. The topological polar surface area (TPSA) is 25.2 Å². The van der Waals surface area contributed by atoms with Crippen molar-refractivity contribution in [3.8, 4) is 0 Å². The molecule has 0 N–H and O–H groups in total. The Balaban J connectivity index is 1.80. The molecule has 3 aromatic carbocycles. The van der Waals surface area contributed by atoms with E-state index < -0.39 is 0 Å². The van der Waals surface area contributed by atoms with E-state index in [1.165, 1.54) is 17.7 Å². The van der Waals surface area contributed by atoms with Gasteiger partial charge in [0.05, 0.1) is 0 Å². The van der Waals surface area contributed by atoms with Gasteiger partial charge in [-0.15, -0.1) is 0 Å². The van der Waals surface area contributed by atoms with E-state index in [9.17, 15) is 9.18 Å². The van der Waals surface area contributed by atoms with Crippen LogP contribution in [0.4, 0.5) is 4.39 Å². The Hall–Kier alpha value is -3.40. The summed E-state index contributed by atoms with van der Waals surface area (Å²) in [7, 11) is 0. The third-order valence-corrected chi connectivity index (χ3v) is 6.16. The molecule has 0 saturated heterocycles. The molecule has 1 aromatic heterocycles. The summed E-state index contributed by atoms with van der Waals surface area (Å²) in [6, 6.07) is 25.2. The number of para-hydroxylation sites is 1. The predicted molar refractivity (Wildman–Crippen MR) is 128 cm³/mol. The molecule has 1 amide bonds. The van der Waals surface area contributed by atoms with E-state index in [0.29, 0.717) is 19.5 Å². The highest BCUT2D eigenvalue weighted by atomic mass is 19.1. The van der Waals surface area contributed by atoms with Gasteiger partial charge in [-0.2, -0.15) is 0 Å². The fraction of sp³-hybridized carbons (Fsp3) is 0.250. The molecule has 4 heteroatoms. The van der Waals surface area contributed by atoms with Gasteiger partial charge in [0.25, 0.3) is 0 Å². The number of nitrogens with zero attached hydrogens (tertiary/aromatic N) is 2. The number of hydrogen-bond acceptors (Lipinski definition) is 1. The van der Waals surface area contributed by atoms with E-state index >= 15 is 0 Å². The van der Waals surface area contributed by atoms with Gasteiger partial charge in [0.2, 0.25) is 5.91 Å². The number of carbonyl (C=O) groups excluding carboxylic acids is 1. The minimum absolute atomic E-state index is 0.115. The largest absolute Gasteiger partial charge is 0.343 e. The van der Waals surface area contributed by atoms with Crippen LogP contribution in [0.15, 0.2) is 85.1 Å². The van der Waals surface area contributed by atoms with Crippen LogP contribution >= 0.6 is 0 Å². The molecule has 3 nitrogen and oxygen atoms in total. The second-order valence-corrected chi connectivity index (χ2v) is 8.09. The monoisotopic (exact) mass is 428 g/mol. The SMILES string of the molecule is CCN(CC)C(=O)CC(c1ccc(F)cc1)c1cn(Cc2ccccc2)c2ccccc12. The lowest BCUT2D eigenvalue weighted by molar-refractivity contribution is -0.131. The molecule has 0 bridgehead atoms. The second-order valence-electron chi connectivity index (χ2n) is 8.09. The molecular formula is C28H29FN2O. The number of halogens is 1. The Morgan fingerprint density at radius 1 is 0.906 bits per heavy atom. The maximum atomic E-state index is 13.7. The number of fused-ring (bicyclic) bond motifs is 1. The molecule has 0 fully saturated rings. The van der Waals surface area contributed by atoms with Gasteiger partial charge in [0.15, 0.2) is 0 Å². The Bertz CT molecular complexity index is 1180. The van der Waals surface area contributed by atoms with Gasteiger partial charge in [-0.3, -0.25) is 4.79 Å². The summed E-state index contributed by atoms with van der Waals surface area (Å²) in [5.74, 6) is -0.302. The molecule has 1 heterocycles. The molecule has 4 aromatic rings.